The van der Waals surface area contributed by atoms with Gasteiger partial charge in [-0.15, -0.1) is 0 Å². The number of ether oxygens (including phenoxy) is 2. The fourth-order valence-corrected chi connectivity index (χ4v) is 4.81. The van der Waals surface area contributed by atoms with Crippen LogP contribution in [-0.2, 0) is 9.59 Å². The van der Waals surface area contributed by atoms with Crippen LogP contribution in [0.15, 0.2) is 47.4 Å². The first-order valence-corrected chi connectivity index (χ1v) is 12.2. The minimum absolute atomic E-state index is 0.0730. The standard InChI is InChI=1S/C24H23N3O6S2/c28-17-7-4-3-6-16(17)22(30)26-25-21(29)8-2-1-5-11-27-23(31)20(35-24(27)34)13-15-9-10-18-19(12-15)33-14-32-18/h3-4,6-7,9-10,12-13,28H,1-2,5,8,11,14H2,(H,25,29)(H,26,30)/b20-13-. The van der Waals surface area contributed by atoms with Crippen molar-refractivity contribution in [1.29, 1.82) is 0 Å². The molecule has 2 heterocycles. The smallest absolute Gasteiger partial charge is 0.273 e. The number of hydrogen-bond acceptors (Lipinski definition) is 8. The van der Waals surface area contributed by atoms with Gasteiger partial charge < -0.3 is 14.6 Å². The predicted octanol–water partition coefficient (Wildman–Crippen LogP) is 3.34. The summed E-state index contributed by atoms with van der Waals surface area (Å²) in [6.07, 6.45) is 3.97. The van der Waals surface area contributed by atoms with Crippen LogP contribution in [0, 0.1) is 0 Å². The van der Waals surface area contributed by atoms with Crippen molar-refractivity contribution in [3.05, 3.63) is 58.5 Å². The summed E-state index contributed by atoms with van der Waals surface area (Å²) in [5.74, 6) is 0.0888. The predicted molar refractivity (Wildman–Crippen MR) is 135 cm³/mol. The number of para-hydroxylation sites is 1. The molecule has 4 rings (SSSR count). The second kappa shape index (κ2) is 11.2. The molecule has 2 aromatic carbocycles. The average Bonchev–Trinajstić information content (AvgIpc) is 3.41. The molecule has 0 aromatic heterocycles. The van der Waals surface area contributed by atoms with Gasteiger partial charge in [0.2, 0.25) is 12.7 Å². The van der Waals surface area contributed by atoms with Crippen LogP contribution in [-0.4, -0.2) is 45.4 Å². The number of carbonyl (C=O) groups is 3. The molecule has 3 amide bonds. The highest BCUT2D eigenvalue weighted by Crippen LogP contribution is 2.36. The number of hydrogen-bond donors (Lipinski definition) is 3. The molecule has 0 atom stereocenters. The molecule has 0 saturated carbocycles. The molecule has 3 N–H and O–H groups in total. The third-order valence-electron chi connectivity index (χ3n) is 5.32. The molecule has 2 aliphatic rings. The lowest BCUT2D eigenvalue weighted by Crippen LogP contribution is -2.41. The second-order valence-electron chi connectivity index (χ2n) is 7.78. The Morgan fingerprint density at radius 3 is 2.71 bits per heavy atom. The minimum atomic E-state index is -0.598. The van der Waals surface area contributed by atoms with Crippen LogP contribution in [0.5, 0.6) is 17.2 Å². The van der Waals surface area contributed by atoms with Gasteiger partial charge in [0.15, 0.2) is 11.5 Å². The van der Waals surface area contributed by atoms with Gasteiger partial charge in [-0.05, 0) is 48.7 Å². The maximum atomic E-state index is 12.8. The van der Waals surface area contributed by atoms with E-state index in [9.17, 15) is 19.5 Å². The lowest BCUT2D eigenvalue weighted by atomic mass is 10.1. The van der Waals surface area contributed by atoms with Gasteiger partial charge in [-0.1, -0.05) is 48.6 Å². The molecule has 1 saturated heterocycles. The Hall–Kier alpha value is -3.57. The topological polar surface area (TPSA) is 117 Å². The van der Waals surface area contributed by atoms with Crippen LogP contribution in [0.3, 0.4) is 0 Å². The summed E-state index contributed by atoms with van der Waals surface area (Å²) in [5.41, 5.74) is 5.52. The van der Waals surface area contributed by atoms with Crippen molar-refractivity contribution in [2.45, 2.75) is 25.7 Å². The molecule has 35 heavy (non-hydrogen) atoms. The molecule has 0 unspecified atom stereocenters. The number of hydrazine groups is 1. The maximum Gasteiger partial charge on any atom is 0.273 e. The number of carbonyl (C=O) groups excluding carboxylic acids is 3. The van der Waals surface area contributed by atoms with E-state index < -0.39 is 5.91 Å². The summed E-state index contributed by atoms with van der Waals surface area (Å²) in [4.78, 5) is 38.9. The molecule has 11 heteroatoms. The molecule has 2 aliphatic heterocycles. The van der Waals surface area contributed by atoms with Gasteiger partial charge in [0.25, 0.3) is 11.8 Å². The van der Waals surface area contributed by atoms with E-state index in [1.54, 1.807) is 23.1 Å². The first-order valence-electron chi connectivity index (χ1n) is 10.9. The summed E-state index contributed by atoms with van der Waals surface area (Å²) in [6.45, 7) is 0.657. The van der Waals surface area contributed by atoms with Crippen molar-refractivity contribution in [3.63, 3.8) is 0 Å². The number of amides is 3. The summed E-state index contributed by atoms with van der Waals surface area (Å²) < 4.78 is 11.2. The Balaban J connectivity index is 1.17. The number of unbranched alkanes of at least 4 members (excludes halogenated alkanes) is 2. The zero-order valence-corrected chi connectivity index (χ0v) is 20.2. The maximum absolute atomic E-state index is 12.8. The number of rotatable bonds is 8. The molecular weight excluding hydrogens is 490 g/mol. The zero-order chi connectivity index (χ0) is 24.8. The van der Waals surface area contributed by atoms with E-state index in [1.165, 1.54) is 23.9 Å². The molecule has 0 aliphatic carbocycles. The lowest BCUT2D eigenvalue weighted by Gasteiger charge is -2.14. The van der Waals surface area contributed by atoms with Gasteiger partial charge >= 0.3 is 0 Å². The van der Waals surface area contributed by atoms with E-state index in [0.717, 1.165) is 5.56 Å². The molecule has 0 spiro atoms. The fraction of sp³-hybridized carbons (Fsp3) is 0.250. The fourth-order valence-electron chi connectivity index (χ4n) is 3.50. The van der Waals surface area contributed by atoms with Crippen molar-refractivity contribution in [1.82, 2.24) is 15.8 Å². The number of thiocarbonyl (C=S) groups is 1. The Morgan fingerprint density at radius 2 is 1.89 bits per heavy atom. The van der Waals surface area contributed by atoms with Crippen molar-refractivity contribution in [3.8, 4) is 17.2 Å². The monoisotopic (exact) mass is 513 g/mol. The molecule has 182 valence electrons. The van der Waals surface area contributed by atoms with E-state index in [2.05, 4.69) is 10.9 Å². The Morgan fingerprint density at radius 1 is 1.09 bits per heavy atom. The highest BCUT2D eigenvalue weighted by molar-refractivity contribution is 8.26. The van der Waals surface area contributed by atoms with Gasteiger partial charge in [-0.25, -0.2) is 0 Å². The van der Waals surface area contributed by atoms with Gasteiger partial charge in [0, 0.05) is 13.0 Å². The normalized spacial score (nSPS) is 15.5. The minimum Gasteiger partial charge on any atom is -0.507 e. The van der Waals surface area contributed by atoms with Gasteiger partial charge in [-0.2, -0.15) is 0 Å². The molecule has 0 bridgehead atoms. The Labute approximate surface area is 211 Å². The lowest BCUT2D eigenvalue weighted by molar-refractivity contribution is -0.123. The van der Waals surface area contributed by atoms with Crippen LogP contribution in [0.2, 0.25) is 0 Å². The van der Waals surface area contributed by atoms with Gasteiger partial charge in [-0.3, -0.25) is 30.1 Å². The van der Waals surface area contributed by atoms with Crippen molar-refractivity contribution in [2.24, 2.45) is 0 Å². The molecule has 1 fully saturated rings. The van der Waals surface area contributed by atoms with E-state index in [4.69, 9.17) is 21.7 Å². The van der Waals surface area contributed by atoms with Crippen molar-refractivity contribution < 1.29 is 29.0 Å². The number of nitrogens with zero attached hydrogens (tertiary/aromatic N) is 1. The highest BCUT2D eigenvalue weighted by Gasteiger charge is 2.31. The number of nitrogens with one attached hydrogen (secondary N) is 2. The third kappa shape index (κ3) is 6.11. The summed E-state index contributed by atoms with van der Waals surface area (Å²) in [5, 5.41) is 9.67. The first-order chi connectivity index (χ1) is 16.9. The Kier molecular flexibility index (Phi) is 7.88. The number of thioether (sulfide) groups is 1. The third-order valence-corrected chi connectivity index (χ3v) is 6.70. The second-order valence-corrected chi connectivity index (χ2v) is 9.45. The summed E-state index contributed by atoms with van der Waals surface area (Å²) >= 11 is 6.64. The van der Waals surface area contributed by atoms with Gasteiger partial charge in [0.05, 0.1) is 10.5 Å². The van der Waals surface area contributed by atoms with E-state index in [1.807, 2.05) is 18.2 Å². The summed E-state index contributed by atoms with van der Waals surface area (Å²) in [7, 11) is 0. The number of phenols is 1. The average molecular weight is 514 g/mol. The van der Waals surface area contributed by atoms with Crippen LogP contribution in [0.1, 0.15) is 41.6 Å². The van der Waals surface area contributed by atoms with Gasteiger partial charge in [0.1, 0.15) is 10.1 Å². The van der Waals surface area contributed by atoms with E-state index in [-0.39, 0.29) is 36.3 Å². The number of aromatic hydroxyl groups is 1. The number of benzene rings is 2. The van der Waals surface area contributed by atoms with Crippen molar-refractivity contribution >= 4 is 52.1 Å². The molecule has 9 nitrogen and oxygen atoms in total. The molecule has 0 radical (unpaired) electrons. The molecular formula is C24H23N3O6S2. The van der Waals surface area contributed by atoms with E-state index in [0.29, 0.717) is 46.5 Å². The zero-order valence-electron chi connectivity index (χ0n) is 18.6. The van der Waals surface area contributed by atoms with E-state index >= 15 is 0 Å². The van der Waals surface area contributed by atoms with Crippen LogP contribution >= 0.6 is 24.0 Å². The van der Waals surface area contributed by atoms with Crippen LogP contribution in [0.25, 0.3) is 6.08 Å². The van der Waals surface area contributed by atoms with Crippen LogP contribution < -0.4 is 20.3 Å². The van der Waals surface area contributed by atoms with Crippen molar-refractivity contribution in [2.75, 3.05) is 13.3 Å². The quantitative estimate of drug-likeness (QED) is 0.213. The van der Waals surface area contributed by atoms with Crippen LogP contribution in [0.4, 0.5) is 0 Å². The Bertz CT molecular complexity index is 1200. The number of phenolic OH excluding ortho intramolecular Hbond substituents is 1. The largest absolute Gasteiger partial charge is 0.507 e. The first kappa shape index (κ1) is 24.6. The molecule has 2 aromatic rings. The number of fused-ring (bicyclic) bond motifs is 1. The SMILES string of the molecule is O=C(CCCCCN1C(=O)/C(=C/c2ccc3c(c2)OCO3)SC1=S)NNC(=O)c1ccccc1O. The highest BCUT2D eigenvalue weighted by atomic mass is 32.2. The summed E-state index contributed by atoms with van der Waals surface area (Å²) in [6, 6.07) is 11.5.